The quantitative estimate of drug-likeness (QED) is 0.677. The van der Waals surface area contributed by atoms with Gasteiger partial charge in [0.05, 0.1) is 19.3 Å². The van der Waals surface area contributed by atoms with E-state index in [0.29, 0.717) is 42.8 Å². The highest BCUT2D eigenvalue weighted by molar-refractivity contribution is 5.79. The van der Waals surface area contributed by atoms with E-state index in [1.807, 2.05) is 0 Å². The number of hydrogen-bond acceptors (Lipinski definition) is 5. The zero-order chi connectivity index (χ0) is 21.8. The highest BCUT2D eigenvalue weighted by atomic mass is 16.5. The molecule has 0 saturated heterocycles. The molecule has 4 fully saturated rings. The van der Waals surface area contributed by atoms with Gasteiger partial charge in [-0.25, -0.2) is 0 Å². The third-order valence-corrected chi connectivity index (χ3v) is 10.4. The summed E-state index contributed by atoms with van der Waals surface area (Å²) in [5, 5.41) is 22.8. The number of rotatable bonds is 4. The molecule has 0 aliphatic heterocycles. The Morgan fingerprint density at radius 2 is 1.93 bits per heavy atom. The molecule has 0 amide bonds. The Hall–Kier alpha value is -0.940. The molecule has 4 rings (SSSR count). The van der Waals surface area contributed by atoms with Crippen LogP contribution in [0.15, 0.2) is 0 Å². The lowest BCUT2D eigenvalue weighted by molar-refractivity contribution is -0.201. The summed E-state index contributed by atoms with van der Waals surface area (Å²) in [6.07, 6.45) is 6.15. The highest BCUT2D eigenvalue weighted by Crippen LogP contribution is 2.68. The first kappa shape index (κ1) is 22.3. The van der Waals surface area contributed by atoms with E-state index < -0.39 is 6.10 Å². The molecule has 4 aliphatic rings. The summed E-state index contributed by atoms with van der Waals surface area (Å²) in [6.45, 7) is 6.78. The van der Waals surface area contributed by atoms with Crippen molar-refractivity contribution in [2.24, 2.45) is 46.3 Å². The molecular formula is C25H40O5. The van der Waals surface area contributed by atoms with Crippen molar-refractivity contribution in [1.82, 2.24) is 0 Å². The van der Waals surface area contributed by atoms with Crippen LogP contribution >= 0.6 is 0 Å². The molecule has 5 heteroatoms. The van der Waals surface area contributed by atoms with Gasteiger partial charge in [0.1, 0.15) is 5.78 Å². The smallest absolute Gasteiger partial charge is 0.305 e. The molecule has 4 aliphatic carbocycles. The molecular weight excluding hydrogens is 380 g/mol. The lowest BCUT2D eigenvalue weighted by Crippen LogP contribution is -2.62. The Bertz CT molecular complexity index is 691. The first-order valence-corrected chi connectivity index (χ1v) is 12.1. The van der Waals surface area contributed by atoms with Gasteiger partial charge >= 0.3 is 5.97 Å². The molecule has 30 heavy (non-hydrogen) atoms. The second kappa shape index (κ2) is 7.88. The number of ether oxygens (including phenoxy) is 1. The van der Waals surface area contributed by atoms with Crippen molar-refractivity contribution >= 4 is 11.8 Å². The molecule has 0 bridgehead atoms. The molecule has 0 heterocycles. The first-order valence-electron chi connectivity index (χ1n) is 12.1. The lowest BCUT2D eigenvalue weighted by atomic mass is 9.43. The number of ketones is 1. The maximum atomic E-state index is 12.1. The molecule has 0 unspecified atom stereocenters. The summed E-state index contributed by atoms with van der Waals surface area (Å²) in [5.41, 5.74) is -0.167. The molecule has 0 aromatic rings. The van der Waals surface area contributed by atoms with E-state index in [4.69, 9.17) is 4.74 Å². The van der Waals surface area contributed by atoms with Gasteiger partial charge in [-0.2, -0.15) is 0 Å². The van der Waals surface area contributed by atoms with Gasteiger partial charge in [0, 0.05) is 19.3 Å². The maximum Gasteiger partial charge on any atom is 0.305 e. The minimum atomic E-state index is -0.391. The van der Waals surface area contributed by atoms with Crippen LogP contribution in [0.2, 0.25) is 0 Å². The first-order chi connectivity index (χ1) is 14.1. The number of fused-ring (bicyclic) bond motifs is 5. The minimum absolute atomic E-state index is 0.0503. The number of Topliss-reactive ketones (excluding diaryl/α,β-unsaturated/α-hetero) is 1. The van der Waals surface area contributed by atoms with Crippen LogP contribution in [0.25, 0.3) is 0 Å². The number of carbonyl (C=O) groups excluding carboxylic acids is 2. The van der Waals surface area contributed by atoms with Gasteiger partial charge in [-0.15, -0.1) is 0 Å². The van der Waals surface area contributed by atoms with E-state index in [0.717, 1.165) is 38.5 Å². The molecule has 10 atom stereocenters. The minimum Gasteiger partial charge on any atom is -0.469 e. The number of methoxy groups -OCH3 is 1. The summed E-state index contributed by atoms with van der Waals surface area (Å²) in [6, 6.07) is 0. The van der Waals surface area contributed by atoms with Crippen LogP contribution in [0, 0.1) is 46.3 Å². The van der Waals surface area contributed by atoms with Crippen LogP contribution in [-0.4, -0.2) is 41.3 Å². The van der Waals surface area contributed by atoms with E-state index >= 15 is 0 Å². The Labute approximate surface area is 180 Å². The standard InChI is InChI=1S/C25H40O5/c1-14(5-8-22(29)30-4)17-6-7-18-23-19(13-21(28)25(17,18)3)24(2)10-9-16(26)11-15(24)12-20(23)27/h14-15,17-21,23,27-28H,5-13H2,1-4H3/t14-,15-,17+,18-,19-,20-,21-,23-,24+,25-/m1/s1. The predicted octanol–water partition coefficient (Wildman–Crippen LogP) is 3.75. The third-order valence-electron chi connectivity index (χ3n) is 10.4. The van der Waals surface area contributed by atoms with E-state index in [1.54, 1.807) is 0 Å². The van der Waals surface area contributed by atoms with Gasteiger partial charge in [0.15, 0.2) is 0 Å². The van der Waals surface area contributed by atoms with Gasteiger partial charge in [-0.1, -0.05) is 20.8 Å². The Kier molecular flexibility index (Phi) is 5.85. The molecule has 0 aromatic heterocycles. The topological polar surface area (TPSA) is 83.8 Å². The fraction of sp³-hybridized carbons (Fsp3) is 0.920. The monoisotopic (exact) mass is 420 g/mol. The summed E-state index contributed by atoms with van der Waals surface area (Å²) < 4.78 is 4.82. The lowest BCUT2D eigenvalue weighted by Gasteiger charge is -2.63. The van der Waals surface area contributed by atoms with Gasteiger partial charge in [-0.05, 0) is 84.9 Å². The zero-order valence-electron chi connectivity index (χ0n) is 19.1. The molecule has 170 valence electrons. The van der Waals surface area contributed by atoms with Crippen molar-refractivity contribution in [2.45, 2.75) is 90.8 Å². The summed E-state index contributed by atoms with van der Waals surface area (Å²) in [5.74, 6) is 1.92. The predicted molar refractivity (Wildman–Crippen MR) is 113 cm³/mol. The second-order valence-electron chi connectivity index (χ2n) is 11.4. The van der Waals surface area contributed by atoms with Crippen LogP contribution in [0.4, 0.5) is 0 Å². The van der Waals surface area contributed by atoms with Crippen molar-refractivity contribution in [1.29, 1.82) is 0 Å². The van der Waals surface area contributed by atoms with Gasteiger partial charge in [0.25, 0.3) is 0 Å². The normalized spacial score (nSPS) is 49.0. The molecule has 0 spiro atoms. The van der Waals surface area contributed by atoms with E-state index in [2.05, 4.69) is 20.8 Å². The average molecular weight is 421 g/mol. The fourth-order valence-electron chi connectivity index (χ4n) is 8.59. The molecule has 5 nitrogen and oxygen atoms in total. The van der Waals surface area contributed by atoms with Crippen molar-refractivity contribution < 1.29 is 24.5 Å². The van der Waals surface area contributed by atoms with Gasteiger partial charge in [-0.3, -0.25) is 9.59 Å². The average Bonchev–Trinajstić information content (AvgIpc) is 3.06. The highest BCUT2D eigenvalue weighted by Gasteiger charge is 2.65. The van der Waals surface area contributed by atoms with E-state index in [-0.39, 0.29) is 40.7 Å². The third kappa shape index (κ3) is 3.26. The van der Waals surface area contributed by atoms with Crippen molar-refractivity contribution in [2.75, 3.05) is 7.11 Å². The maximum absolute atomic E-state index is 12.1. The molecule has 0 radical (unpaired) electrons. The van der Waals surface area contributed by atoms with Gasteiger partial charge in [0.2, 0.25) is 0 Å². The van der Waals surface area contributed by atoms with Crippen molar-refractivity contribution in [3.05, 3.63) is 0 Å². The molecule has 4 saturated carbocycles. The van der Waals surface area contributed by atoms with Gasteiger partial charge < -0.3 is 14.9 Å². The Morgan fingerprint density at radius 1 is 1.20 bits per heavy atom. The van der Waals surface area contributed by atoms with E-state index in [1.165, 1.54) is 7.11 Å². The van der Waals surface area contributed by atoms with Crippen molar-refractivity contribution in [3.63, 3.8) is 0 Å². The number of aliphatic hydroxyl groups excluding tert-OH is 2. The van der Waals surface area contributed by atoms with E-state index in [9.17, 15) is 19.8 Å². The van der Waals surface area contributed by atoms with Crippen LogP contribution < -0.4 is 0 Å². The van der Waals surface area contributed by atoms with Crippen molar-refractivity contribution in [3.8, 4) is 0 Å². The second-order valence-corrected chi connectivity index (χ2v) is 11.4. The number of hydrogen-bond donors (Lipinski definition) is 2. The zero-order valence-corrected chi connectivity index (χ0v) is 19.1. The van der Waals surface area contributed by atoms with Crippen LogP contribution in [0.5, 0.6) is 0 Å². The largest absolute Gasteiger partial charge is 0.469 e. The Morgan fingerprint density at radius 3 is 2.63 bits per heavy atom. The number of aliphatic hydroxyl groups is 2. The summed E-state index contributed by atoms with van der Waals surface area (Å²) in [7, 11) is 1.43. The summed E-state index contributed by atoms with van der Waals surface area (Å²) in [4.78, 5) is 23.8. The van der Waals surface area contributed by atoms with Crippen LogP contribution in [0.3, 0.4) is 0 Å². The van der Waals surface area contributed by atoms with Crippen LogP contribution in [0.1, 0.15) is 78.6 Å². The fourth-order valence-corrected chi connectivity index (χ4v) is 8.59. The SMILES string of the molecule is COC(=O)CC[C@@H](C)[C@@H]1CC[C@@H]2[C@H]3[C@H](O)C[C@H]4CC(=O)CC[C@]4(C)[C@@H]3C[C@@H](O)[C@@]21C. The Balaban J connectivity index is 1.58. The molecule has 0 aromatic carbocycles. The van der Waals surface area contributed by atoms with Crippen LogP contribution in [-0.2, 0) is 14.3 Å². The molecule has 2 N–H and O–H groups in total. The summed E-state index contributed by atoms with van der Waals surface area (Å²) >= 11 is 0. The number of esters is 1. The number of carbonyl (C=O) groups is 2.